The lowest BCUT2D eigenvalue weighted by Crippen LogP contribution is -2.11. The molecule has 0 saturated carbocycles. The number of anilines is 1. The van der Waals surface area contributed by atoms with Gasteiger partial charge in [-0.25, -0.2) is 0 Å². The molecule has 0 fully saturated rings. The molecule has 2 N–H and O–H groups in total. The number of aliphatic hydroxyl groups excluding tert-OH is 1. The number of aliphatic hydroxyl groups is 1. The third kappa shape index (κ3) is 4.71. The van der Waals surface area contributed by atoms with Gasteiger partial charge in [0.15, 0.2) is 0 Å². The molecular weight excluding hydrogens is 326 g/mol. The number of carbonyl (C=O) groups excluding carboxylic acids is 1. The van der Waals surface area contributed by atoms with Crippen molar-refractivity contribution in [2.45, 2.75) is 19.6 Å². The Morgan fingerprint density at radius 1 is 0.962 bits per heavy atom. The summed E-state index contributed by atoms with van der Waals surface area (Å²) < 4.78 is 5.73. The first-order chi connectivity index (χ1) is 12.6. The molecule has 0 aliphatic carbocycles. The molecule has 1 atom stereocenters. The number of benzene rings is 3. The summed E-state index contributed by atoms with van der Waals surface area (Å²) in [5.41, 5.74) is 3.14. The van der Waals surface area contributed by atoms with Crippen molar-refractivity contribution in [1.82, 2.24) is 0 Å². The molecule has 1 amide bonds. The van der Waals surface area contributed by atoms with Crippen LogP contribution in [0.1, 0.15) is 34.5 Å². The van der Waals surface area contributed by atoms with E-state index in [9.17, 15) is 9.90 Å². The summed E-state index contributed by atoms with van der Waals surface area (Å²) in [5, 5.41) is 12.4. The largest absolute Gasteiger partial charge is 0.489 e. The first-order valence-electron chi connectivity index (χ1n) is 8.48. The third-order valence-electron chi connectivity index (χ3n) is 4.02. The molecule has 3 rings (SSSR count). The predicted octanol–water partition coefficient (Wildman–Crippen LogP) is 4.57. The molecule has 0 aromatic heterocycles. The van der Waals surface area contributed by atoms with Crippen molar-refractivity contribution in [2.24, 2.45) is 0 Å². The zero-order valence-electron chi connectivity index (χ0n) is 14.6. The first kappa shape index (κ1) is 17.7. The minimum atomic E-state index is -0.525. The van der Waals surface area contributed by atoms with Gasteiger partial charge in [-0.05, 0) is 54.4 Å². The molecule has 0 bridgehead atoms. The monoisotopic (exact) mass is 347 g/mol. The highest BCUT2D eigenvalue weighted by atomic mass is 16.5. The molecule has 0 unspecified atom stereocenters. The second-order valence-electron chi connectivity index (χ2n) is 6.05. The van der Waals surface area contributed by atoms with Gasteiger partial charge in [0.2, 0.25) is 0 Å². The maximum absolute atomic E-state index is 12.3. The van der Waals surface area contributed by atoms with Crippen LogP contribution in [0.5, 0.6) is 5.75 Å². The van der Waals surface area contributed by atoms with Gasteiger partial charge in [0.1, 0.15) is 12.4 Å². The van der Waals surface area contributed by atoms with Gasteiger partial charge in [-0.1, -0.05) is 42.5 Å². The highest BCUT2D eigenvalue weighted by Gasteiger charge is 2.07. The van der Waals surface area contributed by atoms with Gasteiger partial charge in [0.05, 0.1) is 6.10 Å². The minimum absolute atomic E-state index is 0.190. The van der Waals surface area contributed by atoms with Crippen molar-refractivity contribution < 1.29 is 14.6 Å². The zero-order valence-corrected chi connectivity index (χ0v) is 14.6. The summed E-state index contributed by atoms with van der Waals surface area (Å²) in [5.74, 6) is 0.524. The maximum atomic E-state index is 12.3. The van der Waals surface area contributed by atoms with Crippen LogP contribution in [0.15, 0.2) is 78.9 Å². The second kappa shape index (κ2) is 8.32. The Balaban J connectivity index is 1.58. The van der Waals surface area contributed by atoms with E-state index in [1.807, 2.05) is 30.3 Å². The van der Waals surface area contributed by atoms with Crippen LogP contribution in [0.4, 0.5) is 5.69 Å². The van der Waals surface area contributed by atoms with E-state index in [1.54, 1.807) is 55.5 Å². The van der Waals surface area contributed by atoms with Gasteiger partial charge in [-0.3, -0.25) is 4.79 Å². The number of ether oxygens (including phenoxy) is 1. The van der Waals surface area contributed by atoms with Crippen molar-refractivity contribution in [3.8, 4) is 5.75 Å². The van der Waals surface area contributed by atoms with Gasteiger partial charge in [0, 0.05) is 11.3 Å². The number of rotatable bonds is 6. The van der Waals surface area contributed by atoms with E-state index in [0.717, 1.165) is 11.1 Å². The Morgan fingerprint density at radius 2 is 1.62 bits per heavy atom. The highest BCUT2D eigenvalue weighted by Crippen LogP contribution is 2.18. The number of hydrogen-bond acceptors (Lipinski definition) is 3. The summed E-state index contributed by atoms with van der Waals surface area (Å²) in [7, 11) is 0. The van der Waals surface area contributed by atoms with Crippen molar-refractivity contribution >= 4 is 11.6 Å². The molecule has 0 aliphatic heterocycles. The molecule has 132 valence electrons. The molecule has 0 aliphatic rings. The van der Waals surface area contributed by atoms with Crippen LogP contribution in [0.2, 0.25) is 0 Å². The van der Waals surface area contributed by atoms with E-state index < -0.39 is 6.10 Å². The summed E-state index contributed by atoms with van der Waals surface area (Å²) in [6.07, 6.45) is -0.525. The molecule has 26 heavy (non-hydrogen) atoms. The molecule has 0 heterocycles. The van der Waals surface area contributed by atoms with Crippen molar-refractivity contribution in [2.75, 3.05) is 5.32 Å². The summed E-state index contributed by atoms with van der Waals surface area (Å²) in [6, 6.07) is 24.1. The third-order valence-corrected chi connectivity index (χ3v) is 4.02. The van der Waals surface area contributed by atoms with Gasteiger partial charge < -0.3 is 15.2 Å². The zero-order chi connectivity index (χ0) is 18.4. The highest BCUT2D eigenvalue weighted by molar-refractivity contribution is 6.04. The average Bonchev–Trinajstić information content (AvgIpc) is 2.68. The molecule has 3 aromatic carbocycles. The molecular formula is C22H21NO3. The molecule has 0 radical (unpaired) electrons. The van der Waals surface area contributed by atoms with Crippen LogP contribution in [-0.4, -0.2) is 11.0 Å². The lowest BCUT2D eigenvalue weighted by Gasteiger charge is -2.09. The smallest absolute Gasteiger partial charge is 0.255 e. The van der Waals surface area contributed by atoms with E-state index in [1.165, 1.54) is 0 Å². The Bertz CT molecular complexity index is 841. The molecule has 4 heteroatoms. The van der Waals surface area contributed by atoms with Gasteiger partial charge in [0.25, 0.3) is 5.91 Å². The van der Waals surface area contributed by atoms with Gasteiger partial charge >= 0.3 is 0 Å². The second-order valence-corrected chi connectivity index (χ2v) is 6.05. The van der Waals surface area contributed by atoms with E-state index in [4.69, 9.17) is 4.74 Å². The fourth-order valence-electron chi connectivity index (χ4n) is 2.49. The Morgan fingerprint density at radius 3 is 2.23 bits per heavy atom. The van der Waals surface area contributed by atoms with E-state index >= 15 is 0 Å². The van der Waals surface area contributed by atoms with E-state index in [0.29, 0.717) is 23.6 Å². The van der Waals surface area contributed by atoms with Crippen LogP contribution >= 0.6 is 0 Å². The van der Waals surface area contributed by atoms with Crippen LogP contribution in [0.3, 0.4) is 0 Å². The first-order valence-corrected chi connectivity index (χ1v) is 8.48. The topological polar surface area (TPSA) is 58.6 Å². The normalized spacial score (nSPS) is 11.6. The Labute approximate surface area is 153 Å². The lowest BCUT2D eigenvalue weighted by molar-refractivity contribution is 0.102. The summed E-state index contributed by atoms with van der Waals surface area (Å²) in [6.45, 7) is 2.19. The molecule has 0 saturated heterocycles. The Kier molecular flexibility index (Phi) is 5.66. The molecule has 3 aromatic rings. The van der Waals surface area contributed by atoms with Crippen LogP contribution in [0.25, 0.3) is 0 Å². The molecule has 4 nitrogen and oxygen atoms in total. The number of nitrogens with one attached hydrogen (secondary N) is 1. The standard InChI is InChI=1S/C22H21NO3/c1-16(24)18-7-11-20(12-8-18)23-22(25)19-9-13-21(14-10-19)26-15-17-5-3-2-4-6-17/h2-14,16,24H,15H2,1H3,(H,23,25)/t16-/m1/s1. The van der Waals surface area contributed by atoms with Crippen molar-refractivity contribution in [1.29, 1.82) is 0 Å². The Hall–Kier alpha value is -3.11. The fourth-order valence-corrected chi connectivity index (χ4v) is 2.49. The molecule has 0 spiro atoms. The lowest BCUT2D eigenvalue weighted by atomic mass is 10.1. The fraction of sp³-hybridized carbons (Fsp3) is 0.136. The quantitative estimate of drug-likeness (QED) is 0.687. The van der Waals surface area contributed by atoms with E-state index in [2.05, 4.69) is 5.32 Å². The van der Waals surface area contributed by atoms with Gasteiger partial charge in [-0.15, -0.1) is 0 Å². The SMILES string of the molecule is C[C@@H](O)c1ccc(NC(=O)c2ccc(OCc3ccccc3)cc2)cc1. The van der Waals surface area contributed by atoms with Crippen LogP contribution < -0.4 is 10.1 Å². The van der Waals surface area contributed by atoms with Crippen LogP contribution in [0, 0.1) is 0 Å². The number of carbonyl (C=O) groups is 1. The summed E-state index contributed by atoms with van der Waals surface area (Å²) in [4.78, 5) is 12.3. The van der Waals surface area contributed by atoms with E-state index in [-0.39, 0.29) is 5.91 Å². The summed E-state index contributed by atoms with van der Waals surface area (Å²) >= 11 is 0. The number of hydrogen-bond donors (Lipinski definition) is 2. The predicted molar refractivity (Wildman–Crippen MR) is 102 cm³/mol. The van der Waals surface area contributed by atoms with Crippen molar-refractivity contribution in [3.63, 3.8) is 0 Å². The minimum Gasteiger partial charge on any atom is -0.489 e. The van der Waals surface area contributed by atoms with Crippen LogP contribution in [-0.2, 0) is 6.61 Å². The number of amides is 1. The maximum Gasteiger partial charge on any atom is 0.255 e. The van der Waals surface area contributed by atoms with Gasteiger partial charge in [-0.2, -0.15) is 0 Å². The van der Waals surface area contributed by atoms with Crippen molar-refractivity contribution in [3.05, 3.63) is 95.6 Å². The average molecular weight is 347 g/mol.